The fraction of sp³-hybridized carbons (Fsp3) is 0.667. The Morgan fingerprint density at radius 2 is 2.27 bits per heavy atom. The van der Waals surface area contributed by atoms with Crippen molar-refractivity contribution < 1.29 is 9.59 Å². The summed E-state index contributed by atoms with van der Waals surface area (Å²) >= 11 is 1.44. The molecular formula is C6H12N2O2S. The lowest BCUT2D eigenvalue weighted by molar-refractivity contribution is -0.119. The first-order valence-electron chi connectivity index (χ1n) is 3.24. The van der Waals surface area contributed by atoms with Gasteiger partial charge in [-0.05, 0) is 12.2 Å². The quantitative estimate of drug-likeness (QED) is 0.406. The van der Waals surface area contributed by atoms with E-state index in [1.807, 2.05) is 0 Å². The number of primary amides is 1. The molecule has 0 aromatic rings. The fourth-order valence-corrected chi connectivity index (χ4v) is 1.17. The van der Waals surface area contributed by atoms with Crippen LogP contribution in [-0.4, -0.2) is 29.7 Å². The van der Waals surface area contributed by atoms with Crippen molar-refractivity contribution in [2.45, 2.75) is 12.5 Å². The zero-order valence-electron chi connectivity index (χ0n) is 6.16. The summed E-state index contributed by atoms with van der Waals surface area (Å²) < 4.78 is 0. The molecule has 0 aliphatic rings. The number of aldehydes is 1. The Balaban J connectivity index is 3.24. The predicted octanol–water partition coefficient (Wildman–Crippen LogP) is -0.879. The maximum absolute atomic E-state index is 10.4. The smallest absolute Gasteiger partial charge is 0.234 e. The van der Waals surface area contributed by atoms with Gasteiger partial charge in [-0.25, -0.2) is 0 Å². The lowest BCUT2D eigenvalue weighted by Gasteiger charge is -2.04. The van der Waals surface area contributed by atoms with Gasteiger partial charge in [-0.2, -0.15) is 11.8 Å². The minimum absolute atomic E-state index is 0.450. The highest BCUT2D eigenvalue weighted by molar-refractivity contribution is 7.99. The maximum atomic E-state index is 10.4. The molecule has 5 heteroatoms. The molecule has 0 aromatic heterocycles. The number of carbonyl (C=O) groups is 2. The lowest BCUT2D eigenvalue weighted by Crippen LogP contribution is -2.36. The van der Waals surface area contributed by atoms with E-state index in [9.17, 15) is 9.59 Å². The molecule has 0 aliphatic heterocycles. The molecule has 0 fully saturated rings. The molecule has 1 atom stereocenters. The summed E-state index contributed by atoms with van der Waals surface area (Å²) in [5.74, 6) is 0.658. The van der Waals surface area contributed by atoms with Gasteiger partial charge in [-0.1, -0.05) is 0 Å². The van der Waals surface area contributed by atoms with Gasteiger partial charge < -0.3 is 16.3 Å². The van der Waals surface area contributed by atoms with Crippen LogP contribution in [0.5, 0.6) is 0 Å². The van der Waals surface area contributed by atoms with E-state index in [1.54, 1.807) is 0 Å². The lowest BCUT2D eigenvalue weighted by atomic mass is 10.2. The third-order valence-corrected chi connectivity index (χ3v) is 2.02. The van der Waals surface area contributed by atoms with E-state index in [-0.39, 0.29) is 0 Å². The van der Waals surface area contributed by atoms with E-state index in [2.05, 4.69) is 0 Å². The van der Waals surface area contributed by atoms with E-state index in [4.69, 9.17) is 11.5 Å². The molecule has 0 bridgehead atoms. The van der Waals surface area contributed by atoms with Crippen molar-refractivity contribution in [3.8, 4) is 0 Å². The molecule has 11 heavy (non-hydrogen) atoms. The van der Waals surface area contributed by atoms with Crippen molar-refractivity contribution in [1.82, 2.24) is 0 Å². The largest absolute Gasteiger partial charge is 0.368 e. The van der Waals surface area contributed by atoms with Crippen molar-refractivity contribution in [3.05, 3.63) is 0 Å². The molecule has 4 N–H and O–H groups in total. The SMILES string of the molecule is NC(=O)[C@H](N)CCSCC=O. The highest BCUT2D eigenvalue weighted by atomic mass is 32.2. The van der Waals surface area contributed by atoms with Gasteiger partial charge in [0.05, 0.1) is 6.04 Å². The van der Waals surface area contributed by atoms with Gasteiger partial charge in [0.15, 0.2) is 0 Å². The van der Waals surface area contributed by atoms with Crippen LogP contribution in [0.4, 0.5) is 0 Å². The summed E-state index contributed by atoms with van der Waals surface area (Å²) in [5.41, 5.74) is 10.2. The zero-order chi connectivity index (χ0) is 8.69. The average Bonchev–Trinajstić information content (AvgIpc) is 1.97. The average molecular weight is 176 g/mol. The van der Waals surface area contributed by atoms with Gasteiger partial charge >= 0.3 is 0 Å². The Labute approximate surface area is 69.7 Å². The molecule has 1 amide bonds. The van der Waals surface area contributed by atoms with Crippen LogP contribution in [0.3, 0.4) is 0 Å². The molecule has 0 radical (unpaired) electrons. The molecule has 0 unspecified atom stereocenters. The molecule has 0 saturated carbocycles. The van der Waals surface area contributed by atoms with Crippen molar-refractivity contribution in [1.29, 1.82) is 0 Å². The topological polar surface area (TPSA) is 86.2 Å². The van der Waals surface area contributed by atoms with Gasteiger partial charge in [-0.3, -0.25) is 4.79 Å². The highest BCUT2D eigenvalue weighted by Gasteiger charge is 2.07. The van der Waals surface area contributed by atoms with Gasteiger partial charge in [0.25, 0.3) is 0 Å². The molecule has 0 rings (SSSR count). The number of amides is 1. The minimum Gasteiger partial charge on any atom is -0.368 e. The van der Waals surface area contributed by atoms with Gasteiger partial charge in [0.2, 0.25) is 5.91 Å². The van der Waals surface area contributed by atoms with Crippen molar-refractivity contribution in [2.75, 3.05) is 11.5 Å². The van der Waals surface area contributed by atoms with Gasteiger partial charge in [-0.15, -0.1) is 0 Å². The summed E-state index contributed by atoms with van der Waals surface area (Å²) in [6.07, 6.45) is 1.36. The first kappa shape index (κ1) is 10.4. The molecule has 0 heterocycles. The Bertz CT molecular complexity index is 141. The predicted molar refractivity (Wildman–Crippen MR) is 45.2 cm³/mol. The summed E-state index contributed by atoms with van der Waals surface area (Å²) in [6, 6.07) is -0.575. The van der Waals surface area contributed by atoms with Crippen LogP contribution in [0.1, 0.15) is 6.42 Å². The first-order valence-corrected chi connectivity index (χ1v) is 4.40. The van der Waals surface area contributed by atoms with Crippen LogP contribution in [-0.2, 0) is 9.59 Å². The number of thioether (sulfide) groups is 1. The third-order valence-electron chi connectivity index (χ3n) is 1.12. The Morgan fingerprint density at radius 3 is 2.73 bits per heavy atom. The Kier molecular flexibility index (Phi) is 5.87. The van der Waals surface area contributed by atoms with Crippen LogP contribution in [0.2, 0.25) is 0 Å². The zero-order valence-corrected chi connectivity index (χ0v) is 6.97. The molecule has 0 saturated heterocycles. The van der Waals surface area contributed by atoms with Gasteiger partial charge in [0.1, 0.15) is 6.29 Å². The normalized spacial score (nSPS) is 12.5. The Morgan fingerprint density at radius 1 is 1.64 bits per heavy atom. The monoisotopic (exact) mass is 176 g/mol. The Hall–Kier alpha value is -0.550. The fourth-order valence-electron chi connectivity index (χ4n) is 0.484. The second-order valence-corrected chi connectivity index (χ2v) is 3.19. The van der Waals surface area contributed by atoms with Crippen LogP contribution < -0.4 is 11.5 Å². The van der Waals surface area contributed by atoms with Gasteiger partial charge in [0, 0.05) is 5.75 Å². The van der Waals surface area contributed by atoms with E-state index in [0.29, 0.717) is 17.9 Å². The van der Waals surface area contributed by atoms with Crippen LogP contribution in [0.15, 0.2) is 0 Å². The molecule has 4 nitrogen and oxygen atoms in total. The van der Waals surface area contributed by atoms with Crippen molar-refractivity contribution >= 4 is 24.0 Å². The summed E-state index contributed by atoms with van der Waals surface area (Å²) in [7, 11) is 0. The van der Waals surface area contributed by atoms with E-state index < -0.39 is 11.9 Å². The third kappa shape index (κ3) is 5.87. The van der Waals surface area contributed by atoms with E-state index >= 15 is 0 Å². The number of hydrogen-bond donors (Lipinski definition) is 2. The van der Waals surface area contributed by atoms with E-state index in [0.717, 1.165) is 6.29 Å². The molecular weight excluding hydrogens is 164 g/mol. The van der Waals surface area contributed by atoms with Crippen molar-refractivity contribution in [2.24, 2.45) is 11.5 Å². The number of carbonyl (C=O) groups excluding carboxylic acids is 2. The molecule has 64 valence electrons. The minimum atomic E-state index is -0.575. The summed E-state index contributed by atoms with van der Waals surface area (Å²) in [5, 5.41) is 0. The van der Waals surface area contributed by atoms with Crippen molar-refractivity contribution in [3.63, 3.8) is 0 Å². The second kappa shape index (κ2) is 6.18. The van der Waals surface area contributed by atoms with E-state index in [1.165, 1.54) is 11.8 Å². The van der Waals surface area contributed by atoms with Crippen LogP contribution in [0, 0.1) is 0 Å². The molecule has 0 aliphatic carbocycles. The molecule has 0 spiro atoms. The molecule has 0 aromatic carbocycles. The number of hydrogen-bond acceptors (Lipinski definition) is 4. The van der Waals surface area contributed by atoms with Crippen LogP contribution >= 0.6 is 11.8 Å². The standard InChI is InChI=1S/C6H12N2O2S/c7-5(6(8)10)1-3-11-4-2-9/h2,5H,1,3-4,7H2,(H2,8,10)/t5-/m1/s1. The summed E-state index contributed by atoms with van der Waals surface area (Å²) in [4.78, 5) is 20.2. The number of nitrogens with two attached hydrogens (primary N) is 2. The first-order chi connectivity index (χ1) is 5.18. The van der Waals surface area contributed by atoms with Crippen LogP contribution in [0.25, 0.3) is 0 Å². The number of rotatable bonds is 6. The summed E-state index contributed by atoms with van der Waals surface area (Å²) in [6.45, 7) is 0. The second-order valence-electron chi connectivity index (χ2n) is 2.04. The highest BCUT2D eigenvalue weighted by Crippen LogP contribution is 2.01. The maximum Gasteiger partial charge on any atom is 0.234 e.